The Morgan fingerprint density at radius 2 is 2.14 bits per heavy atom. The van der Waals surface area contributed by atoms with Gasteiger partial charge in [0.15, 0.2) is 5.75 Å². The zero-order chi connectivity index (χ0) is 20.2. The van der Waals surface area contributed by atoms with Gasteiger partial charge in [0, 0.05) is 50.1 Å². The lowest BCUT2D eigenvalue weighted by atomic mass is 10.0. The van der Waals surface area contributed by atoms with Crippen LogP contribution in [0.3, 0.4) is 0 Å². The van der Waals surface area contributed by atoms with Crippen molar-refractivity contribution < 1.29 is 14.6 Å². The molecule has 2 N–H and O–H groups in total. The fraction of sp³-hybridized carbons (Fsp3) is 0.364. The van der Waals surface area contributed by atoms with Crippen molar-refractivity contribution in [2.75, 3.05) is 26.2 Å². The minimum absolute atomic E-state index is 0.0471. The van der Waals surface area contributed by atoms with Gasteiger partial charge in [-0.2, -0.15) is 0 Å². The lowest BCUT2D eigenvalue weighted by Crippen LogP contribution is -2.53. The predicted octanol–water partition coefficient (Wildman–Crippen LogP) is 3.53. The number of piperazine rings is 1. The zero-order valence-electron chi connectivity index (χ0n) is 16.1. The van der Waals surface area contributed by atoms with E-state index in [1.807, 2.05) is 30.3 Å². The molecular weight excluding hydrogens is 390 g/mol. The van der Waals surface area contributed by atoms with Crippen LogP contribution in [-0.4, -0.2) is 53.9 Å². The number of ether oxygens (including phenoxy) is 1. The molecule has 0 spiro atoms. The van der Waals surface area contributed by atoms with Gasteiger partial charge in [0.25, 0.3) is 0 Å². The molecule has 2 aliphatic heterocycles. The summed E-state index contributed by atoms with van der Waals surface area (Å²) >= 11 is 6.19. The van der Waals surface area contributed by atoms with Gasteiger partial charge in [-0.25, -0.2) is 4.99 Å². The van der Waals surface area contributed by atoms with Gasteiger partial charge >= 0.3 is 0 Å². The summed E-state index contributed by atoms with van der Waals surface area (Å²) in [6.45, 7) is 2.27. The molecule has 0 bridgehead atoms. The summed E-state index contributed by atoms with van der Waals surface area (Å²) in [7, 11) is 0. The van der Waals surface area contributed by atoms with E-state index in [-0.39, 0.29) is 18.4 Å². The quantitative estimate of drug-likeness (QED) is 0.784. The van der Waals surface area contributed by atoms with Crippen LogP contribution in [0.4, 0.5) is 5.69 Å². The summed E-state index contributed by atoms with van der Waals surface area (Å²) in [5, 5.41) is 13.0. The molecule has 0 amide bonds. The van der Waals surface area contributed by atoms with Crippen LogP contribution in [0.25, 0.3) is 0 Å². The Balaban J connectivity index is 1.62. The molecule has 29 heavy (non-hydrogen) atoms. The first-order valence-electron chi connectivity index (χ1n) is 9.90. The third-order valence-corrected chi connectivity index (χ3v) is 5.37. The average Bonchev–Trinajstić information content (AvgIpc) is 2.89. The van der Waals surface area contributed by atoms with Crippen molar-refractivity contribution in [3.05, 3.63) is 53.1 Å². The number of rotatable bonds is 5. The third-order valence-electron chi connectivity index (χ3n) is 5.14. The highest BCUT2D eigenvalue weighted by molar-refractivity contribution is 6.31. The monoisotopic (exact) mass is 413 g/mol. The first-order chi connectivity index (χ1) is 14.1. The fourth-order valence-corrected chi connectivity index (χ4v) is 3.91. The molecule has 0 aromatic heterocycles. The van der Waals surface area contributed by atoms with E-state index >= 15 is 0 Å². The van der Waals surface area contributed by atoms with Gasteiger partial charge < -0.3 is 20.1 Å². The minimum Gasteiger partial charge on any atom is -0.454 e. The maximum Gasteiger partial charge on any atom is 0.153 e. The molecule has 1 atom stereocenters. The number of nitrogens with zero attached hydrogens (tertiary/aromatic N) is 2. The zero-order valence-corrected chi connectivity index (χ0v) is 16.9. The molecule has 2 aromatic carbocycles. The van der Waals surface area contributed by atoms with Gasteiger partial charge in [-0.1, -0.05) is 23.7 Å². The number of carbonyl (C=O) groups excluding carboxylic acids is 1. The number of Topliss-reactive ketones (excluding diaryl/α,β-unsaturated/α-hetero) is 1. The highest BCUT2D eigenvalue weighted by Crippen LogP contribution is 2.39. The van der Waals surface area contributed by atoms with Crippen LogP contribution in [0, 0.1) is 0 Å². The average molecular weight is 414 g/mol. The van der Waals surface area contributed by atoms with Crippen LogP contribution in [-0.2, 0) is 4.79 Å². The van der Waals surface area contributed by atoms with E-state index in [1.165, 1.54) is 0 Å². The van der Waals surface area contributed by atoms with Gasteiger partial charge in [0.2, 0.25) is 0 Å². The Bertz CT molecular complexity index is 931. The number of aliphatic hydroxyl groups excluding tert-OH is 1. The summed E-state index contributed by atoms with van der Waals surface area (Å²) < 4.78 is 6.12. The van der Waals surface area contributed by atoms with Crippen molar-refractivity contribution in [3.8, 4) is 11.5 Å². The van der Waals surface area contributed by atoms with Crippen molar-refractivity contribution in [3.63, 3.8) is 0 Å². The van der Waals surface area contributed by atoms with Crippen molar-refractivity contribution >= 4 is 28.9 Å². The highest BCUT2D eigenvalue weighted by Gasteiger charge is 2.28. The standard InChI is InChI=1S/C22H24ClN3O3/c23-15-7-8-21-19(12-15)25-22(18-5-1-2-6-20(18)29-21)26-10-9-24-16(14-26)13-17(28)4-3-11-27/h1-2,5-8,12,16,24,27H,3-4,9-11,13-14H2/t16-/m0/s1. The van der Waals surface area contributed by atoms with Gasteiger partial charge in [-0.3, -0.25) is 4.79 Å². The number of nitrogens with one attached hydrogen (secondary N) is 1. The second-order valence-corrected chi connectivity index (χ2v) is 7.75. The van der Waals surface area contributed by atoms with Gasteiger partial charge in [0.1, 0.15) is 23.1 Å². The summed E-state index contributed by atoms with van der Waals surface area (Å²) in [6, 6.07) is 13.3. The molecule has 0 aliphatic carbocycles. The molecule has 7 heteroatoms. The normalized spacial score (nSPS) is 18.2. The van der Waals surface area contributed by atoms with Crippen LogP contribution in [0.5, 0.6) is 11.5 Å². The molecule has 1 saturated heterocycles. The lowest BCUT2D eigenvalue weighted by molar-refractivity contribution is -0.120. The van der Waals surface area contributed by atoms with Crippen molar-refractivity contribution in [2.24, 2.45) is 4.99 Å². The number of aliphatic imine (C=N–C) groups is 1. The largest absolute Gasteiger partial charge is 0.454 e. The highest BCUT2D eigenvalue weighted by atomic mass is 35.5. The number of benzene rings is 2. The van der Waals surface area contributed by atoms with E-state index in [9.17, 15) is 4.79 Å². The summed E-state index contributed by atoms with van der Waals surface area (Å²) in [5.41, 5.74) is 1.62. The Morgan fingerprint density at radius 3 is 3.00 bits per heavy atom. The second kappa shape index (κ2) is 8.95. The number of fused-ring (bicyclic) bond motifs is 2. The van der Waals surface area contributed by atoms with Crippen LogP contribution >= 0.6 is 11.6 Å². The summed E-state index contributed by atoms with van der Waals surface area (Å²) in [6.07, 6.45) is 1.38. The lowest BCUT2D eigenvalue weighted by Gasteiger charge is -2.35. The number of amidine groups is 1. The number of ketones is 1. The Kier molecular flexibility index (Phi) is 6.13. The van der Waals surface area contributed by atoms with Gasteiger partial charge in [0.05, 0.1) is 5.56 Å². The van der Waals surface area contributed by atoms with Crippen molar-refractivity contribution in [1.82, 2.24) is 10.2 Å². The number of hydrogen-bond donors (Lipinski definition) is 2. The van der Waals surface area contributed by atoms with Crippen LogP contribution in [0.1, 0.15) is 24.8 Å². The van der Waals surface area contributed by atoms with Gasteiger partial charge in [-0.05, 0) is 36.8 Å². The van der Waals surface area contributed by atoms with Crippen LogP contribution < -0.4 is 10.1 Å². The maximum atomic E-state index is 12.2. The molecule has 2 aliphatic rings. The molecule has 152 valence electrons. The van der Waals surface area contributed by atoms with E-state index in [0.717, 1.165) is 30.2 Å². The first kappa shape index (κ1) is 19.9. The summed E-state index contributed by atoms with van der Waals surface area (Å²) in [4.78, 5) is 19.3. The third kappa shape index (κ3) is 4.61. The van der Waals surface area contributed by atoms with E-state index in [0.29, 0.717) is 42.3 Å². The second-order valence-electron chi connectivity index (χ2n) is 7.31. The fourth-order valence-electron chi connectivity index (χ4n) is 3.75. The van der Waals surface area contributed by atoms with E-state index in [2.05, 4.69) is 10.2 Å². The van der Waals surface area contributed by atoms with Crippen molar-refractivity contribution in [2.45, 2.75) is 25.3 Å². The van der Waals surface area contributed by atoms with E-state index < -0.39 is 0 Å². The number of para-hydroxylation sites is 1. The van der Waals surface area contributed by atoms with Crippen molar-refractivity contribution in [1.29, 1.82) is 0 Å². The topological polar surface area (TPSA) is 74.2 Å². The molecule has 6 nitrogen and oxygen atoms in total. The Hall–Kier alpha value is -2.41. The number of aliphatic hydroxyl groups is 1. The van der Waals surface area contributed by atoms with Gasteiger partial charge in [-0.15, -0.1) is 0 Å². The van der Waals surface area contributed by atoms with Crippen LogP contribution in [0.2, 0.25) is 5.02 Å². The maximum absolute atomic E-state index is 12.2. The van der Waals surface area contributed by atoms with E-state index in [4.69, 9.17) is 26.4 Å². The molecular formula is C22H24ClN3O3. The Morgan fingerprint density at radius 1 is 1.28 bits per heavy atom. The molecule has 0 saturated carbocycles. The number of carbonyl (C=O) groups is 1. The summed E-state index contributed by atoms with van der Waals surface area (Å²) in [5.74, 6) is 2.42. The minimum atomic E-state index is 0.0471. The molecule has 0 radical (unpaired) electrons. The predicted molar refractivity (Wildman–Crippen MR) is 113 cm³/mol. The molecule has 4 rings (SSSR count). The molecule has 2 heterocycles. The molecule has 1 fully saturated rings. The smallest absolute Gasteiger partial charge is 0.153 e. The Labute approximate surface area is 175 Å². The molecule has 2 aromatic rings. The number of hydrogen-bond acceptors (Lipinski definition) is 6. The van der Waals surface area contributed by atoms with Crippen LogP contribution in [0.15, 0.2) is 47.5 Å². The van der Waals surface area contributed by atoms with E-state index in [1.54, 1.807) is 12.1 Å². The first-order valence-corrected chi connectivity index (χ1v) is 10.3. The SMILES string of the molecule is O=C(CCCO)C[C@H]1CN(C2=Nc3cc(Cl)ccc3Oc3ccccc32)CCN1. The molecule has 0 unspecified atom stereocenters. The number of halogens is 1.